The maximum atomic E-state index is 13.7. The summed E-state index contributed by atoms with van der Waals surface area (Å²) < 4.78 is 7.43. The van der Waals surface area contributed by atoms with Crippen molar-refractivity contribution in [2.75, 3.05) is 38.7 Å². The molecule has 1 N–H and O–H groups in total. The number of aryl methyl sites for hydroxylation is 1. The molecule has 0 aliphatic carbocycles. The summed E-state index contributed by atoms with van der Waals surface area (Å²) in [6.07, 6.45) is 2.06. The molecule has 7 nitrogen and oxygen atoms in total. The molecule has 3 aromatic rings. The van der Waals surface area contributed by atoms with Crippen LogP contribution < -0.4 is 5.32 Å². The summed E-state index contributed by atoms with van der Waals surface area (Å²) in [5.74, 6) is 0.351. The number of carbonyl (C=O) groups is 2. The van der Waals surface area contributed by atoms with Gasteiger partial charge >= 0.3 is 6.03 Å². The number of methoxy groups -OCH3 is 1. The third kappa shape index (κ3) is 5.79. The smallest absolute Gasteiger partial charge is 0.322 e. The Kier molecular flexibility index (Phi) is 8.10. The molecule has 2 heterocycles. The number of fused-ring (bicyclic) bond motifs is 1. The van der Waals surface area contributed by atoms with E-state index < -0.39 is 0 Å². The van der Waals surface area contributed by atoms with E-state index in [1.54, 1.807) is 7.11 Å². The first kappa shape index (κ1) is 25.5. The minimum atomic E-state index is -0.316. The third-order valence-electron chi connectivity index (χ3n) is 6.73. The average molecular weight is 489 g/mol. The third-order valence-corrected chi connectivity index (χ3v) is 6.73. The van der Waals surface area contributed by atoms with Crippen LogP contribution in [0.2, 0.25) is 0 Å². The van der Waals surface area contributed by atoms with Crippen molar-refractivity contribution in [3.63, 3.8) is 0 Å². The molecule has 1 atom stereocenters. The summed E-state index contributed by atoms with van der Waals surface area (Å²) in [6.45, 7) is 8.26. The summed E-state index contributed by atoms with van der Waals surface area (Å²) in [7, 11) is 1.59. The monoisotopic (exact) mass is 488 g/mol. The molecular formula is C29H36N4O3. The maximum Gasteiger partial charge on any atom is 0.322 e. The molecule has 1 aliphatic heterocycles. The highest BCUT2D eigenvalue weighted by atomic mass is 16.5. The highest BCUT2D eigenvalue weighted by molar-refractivity contribution is 5.92. The Bertz CT molecular complexity index is 1190. The van der Waals surface area contributed by atoms with Gasteiger partial charge in [0.2, 0.25) is 5.91 Å². The Morgan fingerprint density at radius 2 is 1.86 bits per heavy atom. The van der Waals surface area contributed by atoms with Crippen LogP contribution in [-0.2, 0) is 16.1 Å². The first-order valence-electron chi connectivity index (χ1n) is 12.5. The minimum Gasteiger partial charge on any atom is -0.383 e. The number of rotatable bonds is 8. The zero-order valence-corrected chi connectivity index (χ0v) is 21.6. The largest absolute Gasteiger partial charge is 0.383 e. The van der Waals surface area contributed by atoms with Crippen molar-refractivity contribution in [3.8, 4) is 0 Å². The van der Waals surface area contributed by atoms with Crippen molar-refractivity contribution in [2.24, 2.45) is 0 Å². The number of ether oxygens (including phenoxy) is 1. The predicted octanol–water partition coefficient (Wildman–Crippen LogP) is 5.03. The van der Waals surface area contributed by atoms with Gasteiger partial charge in [-0.15, -0.1) is 0 Å². The van der Waals surface area contributed by atoms with Gasteiger partial charge in [-0.3, -0.25) is 4.79 Å². The summed E-state index contributed by atoms with van der Waals surface area (Å²) >= 11 is 0. The van der Waals surface area contributed by atoms with Gasteiger partial charge in [0.05, 0.1) is 12.6 Å². The Balaban J connectivity index is 1.56. The second-order valence-corrected chi connectivity index (χ2v) is 9.65. The van der Waals surface area contributed by atoms with E-state index in [9.17, 15) is 9.59 Å². The van der Waals surface area contributed by atoms with Gasteiger partial charge < -0.3 is 24.4 Å². The Morgan fingerprint density at radius 3 is 2.56 bits per heavy atom. The summed E-state index contributed by atoms with van der Waals surface area (Å²) in [4.78, 5) is 30.3. The fraction of sp³-hybridized carbons (Fsp3) is 0.379. The highest BCUT2D eigenvalue weighted by Crippen LogP contribution is 2.33. The number of carbonyl (C=O) groups excluding carboxylic acids is 2. The highest BCUT2D eigenvalue weighted by Gasteiger charge is 2.33. The molecule has 1 aromatic heterocycles. The van der Waals surface area contributed by atoms with E-state index in [1.165, 1.54) is 10.5 Å². The summed E-state index contributed by atoms with van der Waals surface area (Å²) in [5.41, 5.74) is 5.17. The number of amides is 3. The first-order valence-corrected chi connectivity index (χ1v) is 12.5. The molecule has 190 valence electrons. The molecule has 36 heavy (non-hydrogen) atoms. The SMILES string of the molecule is COCCN(CC(=O)N1CCn2cccc2C1c1ccc(C(C)C)cc1)C(=O)Nc1cccc(C)c1. The van der Waals surface area contributed by atoms with Crippen molar-refractivity contribution < 1.29 is 14.3 Å². The van der Waals surface area contributed by atoms with Crippen LogP contribution in [0.1, 0.15) is 48.2 Å². The van der Waals surface area contributed by atoms with E-state index in [4.69, 9.17) is 4.74 Å². The molecule has 1 unspecified atom stereocenters. The molecule has 2 aromatic carbocycles. The van der Waals surface area contributed by atoms with Crippen molar-refractivity contribution >= 4 is 17.6 Å². The van der Waals surface area contributed by atoms with E-state index in [2.05, 4.69) is 60.3 Å². The Morgan fingerprint density at radius 1 is 1.08 bits per heavy atom. The summed E-state index contributed by atoms with van der Waals surface area (Å²) in [5, 5.41) is 2.93. The van der Waals surface area contributed by atoms with Gasteiger partial charge in [-0.25, -0.2) is 4.79 Å². The summed E-state index contributed by atoms with van der Waals surface area (Å²) in [6, 6.07) is 19.7. The molecule has 0 saturated carbocycles. The number of nitrogens with one attached hydrogen (secondary N) is 1. The topological polar surface area (TPSA) is 66.8 Å². The fourth-order valence-corrected chi connectivity index (χ4v) is 4.70. The standard InChI is InChI=1S/C29H36N4O3/c1-21(2)23-10-12-24(13-11-23)28-26-9-6-14-31(26)15-16-33(28)27(34)20-32(17-18-36-4)29(35)30-25-8-5-7-22(3)19-25/h5-14,19,21,28H,15-18,20H2,1-4H3,(H,30,35). The number of anilines is 1. The lowest BCUT2D eigenvalue weighted by Gasteiger charge is -2.38. The van der Waals surface area contributed by atoms with E-state index in [0.717, 1.165) is 23.4 Å². The molecule has 0 fully saturated rings. The average Bonchev–Trinajstić information content (AvgIpc) is 3.35. The normalized spacial score (nSPS) is 15.0. The first-order chi connectivity index (χ1) is 17.4. The van der Waals surface area contributed by atoms with Crippen LogP contribution >= 0.6 is 0 Å². The van der Waals surface area contributed by atoms with E-state index in [1.807, 2.05) is 42.2 Å². The molecule has 0 radical (unpaired) electrons. The number of hydrogen-bond acceptors (Lipinski definition) is 3. The van der Waals surface area contributed by atoms with E-state index in [-0.39, 0.29) is 24.5 Å². The van der Waals surface area contributed by atoms with Crippen LogP contribution in [0.15, 0.2) is 66.9 Å². The Labute approximate surface area is 213 Å². The van der Waals surface area contributed by atoms with Gasteiger partial charge in [-0.2, -0.15) is 0 Å². The van der Waals surface area contributed by atoms with E-state index in [0.29, 0.717) is 31.3 Å². The molecular weight excluding hydrogens is 452 g/mol. The van der Waals surface area contributed by atoms with Crippen LogP contribution in [0.25, 0.3) is 0 Å². The number of aromatic nitrogens is 1. The molecule has 4 rings (SSSR count). The molecule has 1 aliphatic rings. The number of nitrogens with zero attached hydrogens (tertiary/aromatic N) is 3. The van der Waals surface area contributed by atoms with Gasteiger partial charge in [0, 0.05) is 44.3 Å². The number of benzene rings is 2. The lowest BCUT2D eigenvalue weighted by molar-refractivity contribution is -0.134. The quantitative estimate of drug-likeness (QED) is 0.484. The second-order valence-electron chi connectivity index (χ2n) is 9.65. The van der Waals surface area contributed by atoms with Crippen LogP contribution in [-0.4, -0.2) is 59.7 Å². The number of hydrogen-bond donors (Lipinski definition) is 1. The van der Waals surface area contributed by atoms with Crippen molar-refractivity contribution in [1.29, 1.82) is 0 Å². The van der Waals surface area contributed by atoms with Gasteiger partial charge in [0.25, 0.3) is 0 Å². The zero-order chi connectivity index (χ0) is 25.7. The van der Waals surface area contributed by atoms with Gasteiger partial charge in [-0.1, -0.05) is 50.2 Å². The molecule has 0 saturated heterocycles. The van der Waals surface area contributed by atoms with Crippen molar-refractivity contribution in [1.82, 2.24) is 14.4 Å². The molecule has 0 spiro atoms. The Hall–Kier alpha value is -3.58. The minimum absolute atomic E-state index is 0.0255. The molecule has 3 amide bonds. The van der Waals surface area contributed by atoms with Crippen LogP contribution in [0.4, 0.5) is 10.5 Å². The van der Waals surface area contributed by atoms with E-state index >= 15 is 0 Å². The lowest BCUT2D eigenvalue weighted by atomic mass is 9.95. The zero-order valence-electron chi connectivity index (χ0n) is 21.6. The fourth-order valence-electron chi connectivity index (χ4n) is 4.70. The van der Waals surface area contributed by atoms with Gasteiger partial charge in [0.15, 0.2) is 0 Å². The number of urea groups is 1. The van der Waals surface area contributed by atoms with Crippen molar-refractivity contribution in [3.05, 3.63) is 89.2 Å². The lowest BCUT2D eigenvalue weighted by Crippen LogP contribution is -2.49. The second kappa shape index (κ2) is 11.4. The van der Waals surface area contributed by atoms with Crippen LogP contribution in [0.5, 0.6) is 0 Å². The van der Waals surface area contributed by atoms with Crippen LogP contribution in [0, 0.1) is 6.92 Å². The maximum absolute atomic E-state index is 13.7. The molecule has 7 heteroatoms. The molecule has 0 bridgehead atoms. The van der Waals surface area contributed by atoms with Gasteiger partial charge in [0.1, 0.15) is 6.54 Å². The van der Waals surface area contributed by atoms with Crippen molar-refractivity contribution in [2.45, 2.75) is 39.3 Å². The van der Waals surface area contributed by atoms with Crippen LogP contribution in [0.3, 0.4) is 0 Å². The van der Waals surface area contributed by atoms with Gasteiger partial charge in [-0.05, 0) is 53.8 Å². The predicted molar refractivity (Wildman–Crippen MR) is 142 cm³/mol.